The van der Waals surface area contributed by atoms with Crippen molar-refractivity contribution in [3.05, 3.63) is 35.4 Å². The number of amides is 1. The molecule has 0 fully saturated rings. The lowest BCUT2D eigenvalue weighted by Crippen LogP contribution is -2.17. The molecular formula is C22H36N2O. The molecule has 0 spiro atoms. The maximum absolute atomic E-state index is 11.8. The van der Waals surface area contributed by atoms with Crippen LogP contribution in [0.4, 0.5) is 0 Å². The fourth-order valence-corrected chi connectivity index (χ4v) is 2.72. The van der Waals surface area contributed by atoms with Gasteiger partial charge in [0.2, 0.25) is 5.91 Å². The second kappa shape index (κ2) is 11.8. The summed E-state index contributed by atoms with van der Waals surface area (Å²) in [6.45, 7) is 8.83. The van der Waals surface area contributed by atoms with Crippen LogP contribution in [-0.2, 0) is 10.2 Å². The normalized spacial score (nSPS) is 11.8. The largest absolute Gasteiger partial charge is 0.273 e. The van der Waals surface area contributed by atoms with Crippen LogP contribution in [0.15, 0.2) is 29.4 Å². The highest BCUT2D eigenvalue weighted by atomic mass is 16.2. The number of carbonyl (C=O) groups excluding carboxylic acids is 1. The maximum Gasteiger partial charge on any atom is 0.240 e. The van der Waals surface area contributed by atoms with Gasteiger partial charge in [-0.05, 0) is 23.0 Å². The first-order valence-corrected chi connectivity index (χ1v) is 9.86. The van der Waals surface area contributed by atoms with Crippen LogP contribution < -0.4 is 5.43 Å². The lowest BCUT2D eigenvalue weighted by atomic mass is 9.87. The molecule has 0 aliphatic rings. The molecule has 0 aromatic heterocycles. The van der Waals surface area contributed by atoms with Crippen molar-refractivity contribution < 1.29 is 4.79 Å². The molecule has 0 aliphatic heterocycles. The Hall–Kier alpha value is -1.64. The van der Waals surface area contributed by atoms with Gasteiger partial charge in [0.15, 0.2) is 0 Å². The second-order valence-electron chi connectivity index (χ2n) is 7.89. The van der Waals surface area contributed by atoms with Crippen molar-refractivity contribution in [1.82, 2.24) is 5.43 Å². The number of nitrogens with zero attached hydrogens (tertiary/aromatic N) is 1. The lowest BCUT2D eigenvalue weighted by molar-refractivity contribution is -0.121. The highest BCUT2D eigenvalue weighted by Crippen LogP contribution is 2.21. The average Bonchev–Trinajstić information content (AvgIpc) is 2.57. The predicted octanol–water partition coefficient (Wildman–Crippen LogP) is 5.97. The number of rotatable bonds is 11. The zero-order chi connectivity index (χ0) is 18.5. The quantitative estimate of drug-likeness (QED) is 0.300. The summed E-state index contributed by atoms with van der Waals surface area (Å²) >= 11 is 0. The van der Waals surface area contributed by atoms with Crippen molar-refractivity contribution >= 4 is 12.1 Å². The Morgan fingerprint density at radius 1 is 0.960 bits per heavy atom. The summed E-state index contributed by atoms with van der Waals surface area (Å²) in [5, 5.41) is 4.06. The van der Waals surface area contributed by atoms with Crippen molar-refractivity contribution in [3.63, 3.8) is 0 Å². The zero-order valence-corrected chi connectivity index (χ0v) is 16.6. The molecule has 0 saturated carbocycles. The standard InChI is InChI=1S/C22H36N2O/c1-5-6-7-8-9-10-11-12-13-21(25)24-23-18-19-14-16-20(17-15-19)22(2,3)4/h14-18H,5-13H2,1-4H3,(H,24,25)/b23-18+. The van der Waals surface area contributed by atoms with Gasteiger partial charge in [-0.25, -0.2) is 5.43 Å². The summed E-state index contributed by atoms with van der Waals surface area (Å²) in [4.78, 5) is 11.8. The van der Waals surface area contributed by atoms with Crippen LogP contribution in [-0.4, -0.2) is 12.1 Å². The molecule has 3 heteroatoms. The van der Waals surface area contributed by atoms with E-state index in [0.717, 1.165) is 18.4 Å². The van der Waals surface area contributed by atoms with Gasteiger partial charge >= 0.3 is 0 Å². The van der Waals surface area contributed by atoms with Crippen molar-refractivity contribution in [1.29, 1.82) is 0 Å². The Morgan fingerprint density at radius 2 is 1.52 bits per heavy atom. The Morgan fingerprint density at radius 3 is 2.08 bits per heavy atom. The molecule has 1 N–H and O–H groups in total. The predicted molar refractivity (Wildman–Crippen MR) is 108 cm³/mol. The fourth-order valence-electron chi connectivity index (χ4n) is 2.72. The van der Waals surface area contributed by atoms with E-state index in [1.165, 1.54) is 44.1 Å². The Labute approximate surface area is 154 Å². The highest BCUT2D eigenvalue weighted by molar-refractivity contribution is 5.82. The molecule has 1 amide bonds. The third-order valence-corrected chi connectivity index (χ3v) is 4.44. The number of unbranched alkanes of at least 4 members (excludes halogenated alkanes) is 7. The van der Waals surface area contributed by atoms with Gasteiger partial charge in [-0.1, -0.05) is 96.9 Å². The van der Waals surface area contributed by atoms with Gasteiger partial charge in [0, 0.05) is 6.42 Å². The summed E-state index contributed by atoms with van der Waals surface area (Å²) in [7, 11) is 0. The first-order chi connectivity index (χ1) is 11.9. The van der Waals surface area contributed by atoms with E-state index in [9.17, 15) is 4.79 Å². The van der Waals surface area contributed by atoms with Crippen molar-refractivity contribution in [3.8, 4) is 0 Å². The SMILES string of the molecule is CCCCCCCCCCC(=O)N/N=C/c1ccc(C(C)(C)C)cc1. The number of hydrazone groups is 1. The number of hydrogen-bond donors (Lipinski definition) is 1. The molecule has 0 aliphatic carbocycles. The van der Waals surface area contributed by atoms with Gasteiger partial charge in [0.25, 0.3) is 0 Å². The van der Waals surface area contributed by atoms with E-state index in [2.05, 4.69) is 50.4 Å². The summed E-state index contributed by atoms with van der Waals surface area (Å²) in [5.41, 5.74) is 5.07. The van der Waals surface area contributed by atoms with Gasteiger partial charge in [-0.2, -0.15) is 5.10 Å². The van der Waals surface area contributed by atoms with Crippen molar-refractivity contribution in [2.45, 2.75) is 90.9 Å². The van der Waals surface area contributed by atoms with Crippen LogP contribution in [0.2, 0.25) is 0 Å². The molecule has 0 saturated heterocycles. The van der Waals surface area contributed by atoms with Gasteiger partial charge in [-0.15, -0.1) is 0 Å². The van der Waals surface area contributed by atoms with Crippen LogP contribution in [0, 0.1) is 0 Å². The molecule has 1 aromatic rings. The Bertz CT molecular complexity index is 512. The first-order valence-electron chi connectivity index (χ1n) is 9.86. The number of benzene rings is 1. The number of nitrogens with one attached hydrogen (secondary N) is 1. The van der Waals surface area contributed by atoms with Crippen LogP contribution >= 0.6 is 0 Å². The summed E-state index contributed by atoms with van der Waals surface area (Å²) in [6.07, 6.45) is 12.2. The third kappa shape index (κ3) is 10.1. The minimum atomic E-state index is 0.00791. The topological polar surface area (TPSA) is 41.5 Å². The van der Waals surface area contributed by atoms with Crippen LogP contribution in [0.3, 0.4) is 0 Å². The smallest absolute Gasteiger partial charge is 0.240 e. The highest BCUT2D eigenvalue weighted by Gasteiger charge is 2.12. The molecule has 0 bridgehead atoms. The minimum absolute atomic E-state index is 0.00791. The molecular weight excluding hydrogens is 308 g/mol. The molecule has 0 atom stereocenters. The van der Waals surface area contributed by atoms with Gasteiger partial charge in [-0.3, -0.25) is 4.79 Å². The monoisotopic (exact) mass is 344 g/mol. The van der Waals surface area contributed by atoms with Crippen LogP contribution in [0.1, 0.15) is 96.6 Å². The summed E-state index contributed by atoms with van der Waals surface area (Å²) < 4.78 is 0. The molecule has 3 nitrogen and oxygen atoms in total. The van der Waals surface area contributed by atoms with Crippen LogP contribution in [0.25, 0.3) is 0 Å². The van der Waals surface area contributed by atoms with Crippen molar-refractivity contribution in [2.24, 2.45) is 5.10 Å². The molecule has 1 rings (SSSR count). The molecule has 140 valence electrons. The zero-order valence-electron chi connectivity index (χ0n) is 16.6. The van der Waals surface area contributed by atoms with Gasteiger partial charge in [0.1, 0.15) is 0 Å². The molecule has 1 aromatic carbocycles. The van der Waals surface area contributed by atoms with E-state index in [1.54, 1.807) is 6.21 Å². The van der Waals surface area contributed by atoms with Crippen LogP contribution in [0.5, 0.6) is 0 Å². The number of carbonyl (C=O) groups is 1. The minimum Gasteiger partial charge on any atom is -0.273 e. The Kier molecular flexibility index (Phi) is 10.1. The summed E-state index contributed by atoms with van der Waals surface area (Å²) in [6, 6.07) is 8.30. The first kappa shape index (κ1) is 21.4. The average molecular weight is 345 g/mol. The van der Waals surface area contributed by atoms with E-state index in [0.29, 0.717) is 6.42 Å². The van der Waals surface area contributed by atoms with E-state index in [-0.39, 0.29) is 11.3 Å². The van der Waals surface area contributed by atoms with E-state index >= 15 is 0 Å². The number of hydrogen-bond acceptors (Lipinski definition) is 2. The van der Waals surface area contributed by atoms with Gasteiger partial charge < -0.3 is 0 Å². The van der Waals surface area contributed by atoms with Crippen molar-refractivity contribution in [2.75, 3.05) is 0 Å². The van der Waals surface area contributed by atoms with E-state index in [1.807, 2.05) is 12.1 Å². The van der Waals surface area contributed by atoms with Gasteiger partial charge in [0.05, 0.1) is 6.21 Å². The molecule has 0 radical (unpaired) electrons. The lowest BCUT2D eigenvalue weighted by Gasteiger charge is -2.18. The molecule has 25 heavy (non-hydrogen) atoms. The fraction of sp³-hybridized carbons (Fsp3) is 0.636. The maximum atomic E-state index is 11.8. The second-order valence-corrected chi connectivity index (χ2v) is 7.89. The summed E-state index contributed by atoms with van der Waals surface area (Å²) in [5.74, 6) is 0.00791. The molecule has 0 unspecified atom stereocenters. The Balaban J connectivity index is 2.16. The third-order valence-electron chi connectivity index (χ3n) is 4.44. The molecule has 0 heterocycles. The van der Waals surface area contributed by atoms with E-state index in [4.69, 9.17) is 0 Å². The van der Waals surface area contributed by atoms with E-state index < -0.39 is 0 Å².